The van der Waals surface area contributed by atoms with Crippen molar-refractivity contribution in [3.05, 3.63) is 33.9 Å². The minimum Gasteiger partial charge on any atom is -0.350 e. The summed E-state index contributed by atoms with van der Waals surface area (Å²) in [4.78, 5) is 11.9. The zero-order chi connectivity index (χ0) is 16.4. The lowest BCUT2D eigenvalue weighted by atomic mass is 10.2. The fourth-order valence-electron chi connectivity index (χ4n) is 2.05. The van der Waals surface area contributed by atoms with Crippen molar-refractivity contribution in [2.75, 3.05) is 0 Å². The molecule has 0 aliphatic rings. The van der Waals surface area contributed by atoms with E-state index in [1.165, 1.54) is 4.68 Å². The molecule has 0 aliphatic carbocycles. The second-order valence-corrected chi connectivity index (χ2v) is 5.31. The minimum atomic E-state index is -2.77. The molecule has 0 saturated heterocycles. The van der Waals surface area contributed by atoms with Crippen molar-refractivity contribution < 1.29 is 13.6 Å². The first-order valence-electron chi connectivity index (χ1n) is 6.56. The Hall–Kier alpha value is -1.96. The highest BCUT2D eigenvalue weighted by atomic mass is 35.5. The van der Waals surface area contributed by atoms with E-state index in [9.17, 15) is 13.6 Å². The lowest BCUT2D eigenvalue weighted by Crippen LogP contribution is -2.28. The summed E-state index contributed by atoms with van der Waals surface area (Å²) in [7, 11) is 1.79. The Labute approximate surface area is 131 Å². The predicted molar refractivity (Wildman–Crippen MR) is 76.7 cm³/mol. The van der Waals surface area contributed by atoms with E-state index in [1.807, 2.05) is 6.92 Å². The van der Waals surface area contributed by atoms with Gasteiger partial charge in [0.15, 0.2) is 0 Å². The third kappa shape index (κ3) is 3.44. The van der Waals surface area contributed by atoms with Gasteiger partial charge in [-0.2, -0.15) is 10.2 Å². The van der Waals surface area contributed by atoms with Crippen molar-refractivity contribution in [1.29, 1.82) is 0 Å². The lowest BCUT2D eigenvalue weighted by Gasteiger charge is -2.06. The molecule has 1 amide bonds. The molecule has 0 unspecified atom stereocenters. The molecule has 9 heteroatoms. The largest absolute Gasteiger partial charge is 0.350 e. The van der Waals surface area contributed by atoms with Gasteiger partial charge in [0.25, 0.3) is 6.43 Å². The van der Waals surface area contributed by atoms with Gasteiger partial charge >= 0.3 is 0 Å². The molecule has 6 nitrogen and oxygen atoms in total. The van der Waals surface area contributed by atoms with E-state index >= 15 is 0 Å². The molecule has 0 spiro atoms. The van der Waals surface area contributed by atoms with Gasteiger partial charge in [0, 0.05) is 25.4 Å². The molecule has 0 bridgehead atoms. The van der Waals surface area contributed by atoms with Crippen molar-refractivity contribution in [1.82, 2.24) is 24.9 Å². The van der Waals surface area contributed by atoms with Gasteiger partial charge in [-0.15, -0.1) is 0 Å². The highest BCUT2D eigenvalue weighted by Crippen LogP contribution is 2.28. The first kappa shape index (κ1) is 16.4. The van der Waals surface area contributed by atoms with Gasteiger partial charge in [-0.1, -0.05) is 11.6 Å². The van der Waals surface area contributed by atoms with Crippen LogP contribution in [0.15, 0.2) is 6.20 Å². The molecule has 0 saturated carbocycles. The van der Waals surface area contributed by atoms with Crippen LogP contribution in [0.5, 0.6) is 0 Å². The Morgan fingerprint density at radius 2 is 2.09 bits per heavy atom. The molecule has 2 rings (SSSR count). The topological polar surface area (TPSA) is 64.7 Å². The smallest absolute Gasteiger partial charge is 0.283 e. The zero-order valence-electron chi connectivity index (χ0n) is 12.4. The Morgan fingerprint density at radius 3 is 2.59 bits per heavy atom. The number of halogens is 3. The molecule has 0 aliphatic heterocycles. The molecule has 0 fully saturated rings. The quantitative estimate of drug-likeness (QED) is 0.913. The summed E-state index contributed by atoms with van der Waals surface area (Å²) in [5.74, 6) is -0.341. The van der Waals surface area contributed by atoms with Crippen LogP contribution >= 0.6 is 11.6 Å². The number of hydrogen-bond donors (Lipinski definition) is 1. The normalized spacial score (nSPS) is 11.2. The number of nitrogens with one attached hydrogen (secondary N) is 1. The predicted octanol–water partition coefficient (Wildman–Crippen LogP) is 2.14. The number of rotatable bonds is 5. The molecule has 2 heterocycles. The average Bonchev–Trinajstić information content (AvgIpc) is 2.90. The first-order valence-corrected chi connectivity index (χ1v) is 6.94. The van der Waals surface area contributed by atoms with Crippen LogP contribution in [0.3, 0.4) is 0 Å². The van der Waals surface area contributed by atoms with E-state index in [-0.39, 0.29) is 17.5 Å². The van der Waals surface area contributed by atoms with E-state index < -0.39 is 12.1 Å². The minimum absolute atomic E-state index is 0.106. The van der Waals surface area contributed by atoms with Crippen molar-refractivity contribution in [3.8, 4) is 0 Å². The number of carbonyl (C=O) groups excluding carboxylic acids is 1. The molecule has 22 heavy (non-hydrogen) atoms. The number of hydrogen-bond acceptors (Lipinski definition) is 3. The van der Waals surface area contributed by atoms with Crippen molar-refractivity contribution in [2.45, 2.75) is 33.4 Å². The van der Waals surface area contributed by atoms with E-state index in [0.717, 1.165) is 11.3 Å². The van der Waals surface area contributed by atoms with Crippen LogP contribution in [0.2, 0.25) is 5.02 Å². The van der Waals surface area contributed by atoms with Gasteiger partial charge in [0.05, 0.1) is 16.4 Å². The summed E-state index contributed by atoms with van der Waals surface area (Å²) in [5.41, 5.74) is 1.54. The number of carbonyl (C=O) groups is 1. The number of aromatic nitrogens is 4. The van der Waals surface area contributed by atoms with E-state index in [2.05, 4.69) is 15.5 Å². The molecule has 2 aromatic heterocycles. The Kier molecular flexibility index (Phi) is 4.80. The van der Waals surface area contributed by atoms with Crippen LogP contribution < -0.4 is 5.32 Å². The Balaban J connectivity index is 2.00. The first-order chi connectivity index (χ1) is 10.3. The molecular weight excluding hydrogens is 316 g/mol. The number of alkyl halides is 2. The van der Waals surface area contributed by atoms with E-state index in [0.29, 0.717) is 12.2 Å². The molecule has 0 aromatic carbocycles. The highest BCUT2D eigenvalue weighted by molar-refractivity contribution is 6.31. The summed E-state index contributed by atoms with van der Waals surface area (Å²) >= 11 is 5.78. The fraction of sp³-hybridized carbons (Fsp3) is 0.462. The molecular formula is C13H16ClF2N5O. The van der Waals surface area contributed by atoms with Gasteiger partial charge < -0.3 is 5.32 Å². The van der Waals surface area contributed by atoms with Crippen LogP contribution in [0.4, 0.5) is 8.78 Å². The second kappa shape index (κ2) is 6.43. The number of amides is 1. The molecule has 2 aromatic rings. The number of nitrogens with zero attached hydrogens (tertiary/aromatic N) is 4. The molecule has 120 valence electrons. The number of aryl methyl sites for hydroxylation is 2. The average molecular weight is 332 g/mol. The van der Waals surface area contributed by atoms with Crippen molar-refractivity contribution in [2.24, 2.45) is 7.05 Å². The zero-order valence-corrected chi connectivity index (χ0v) is 13.2. The van der Waals surface area contributed by atoms with Crippen LogP contribution in [0, 0.1) is 13.8 Å². The summed E-state index contributed by atoms with van der Waals surface area (Å²) < 4.78 is 28.2. The van der Waals surface area contributed by atoms with Crippen LogP contribution in [0.1, 0.15) is 29.1 Å². The molecule has 0 radical (unpaired) electrons. The van der Waals surface area contributed by atoms with Crippen LogP contribution in [0.25, 0.3) is 0 Å². The van der Waals surface area contributed by atoms with Gasteiger partial charge in [-0.3, -0.25) is 14.2 Å². The fourth-order valence-corrected chi connectivity index (χ4v) is 2.27. The second-order valence-electron chi connectivity index (χ2n) is 4.93. The maximum atomic E-state index is 12.7. The van der Waals surface area contributed by atoms with Gasteiger partial charge in [-0.05, 0) is 13.8 Å². The molecule has 1 N–H and O–H groups in total. The Morgan fingerprint density at radius 1 is 1.41 bits per heavy atom. The summed E-state index contributed by atoms with van der Waals surface area (Å²) in [5, 5.41) is 10.4. The van der Waals surface area contributed by atoms with Crippen molar-refractivity contribution in [3.63, 3.8) is 0 Å². The molecule has 0 atom stereocenters. The lowest BCUT2D eigenvalue weighted by molar-refractivity contribution is -0.122. The van der Waals surface area contributed by atoms with Crippen LogP contribution in [-0.4, -0.2) is 25.5 Å². The monoisotopic (exact) mass is 331 g/mol. The summed E-state index contributed by atoms with van der Waals surface area (Å²) in [6, 6.07) is 0. The highest BCUT2D eigenvalue weighted by Gasteiger charge is 2.21. The van der Waals surface area contributed by atoms with E-state index in [1.54, 1.807) is 24.9 Å². The third-order valence-corrected chi connectivity index (χ3v) is 3.72. The van der Waals surface area contributed by atoms with E-state index in [4.69, 9.17) is 11.6 Å². The van der Waals surface area contributed by atoms with Crippen molar-refractivity contribution >= 4 is 17.5 Å². The van der Waals surface area contributed by atoms with Crippen LogP contribution in [-0.2, 0) is 24.9 Å². The van der Waals surface area contributed by atoms with Gasteiger partial charge in [0.2, 0.25) is 5.91 Å². The van der Waals surface area contributed by atoms with Gasteiger partial charge in [-0.25, -0.2) is 8.78 Å². The summed E-state index contributed by atoms with van der Waals surface area (Å²) in [6.45, 7) is 3.53. The summed E-state index contributed by atoms with van der Waals surface area (Å²) in [6.07, 6.45) is -0.964. The van der Waals surface area contributed by atoms with Gasteiger partial charge in [0.1, 0.15) is 12.2 Å². The maximum Gasteiger partial charge on any atom is 0.283 e. The standard InChI is InChI=1S/C13H16ClF2N5O/c1-7-9(5-20(3)18-7)4-17-10(22)6-21-8(2)11(14)12(19-21)13(15)16/h5,13H,4,6H2,1-3H3,(H,17,22). The maximum absolute atomic E-state index is 12.7. The SMILES string of the molecule is Cc1nn(C)cc1CNC(=O)Cn1nc(C(F)F)c(Cl)c1C. The Bertz CT molecular complexity index is 695. The third-order valence-electron chi connectivity index (χ3n) is 3.25.